The molecular weight excluding hydrogens is 442 g/mol. The zero-order valence-electron chi connectivity index (χ0n) is 19.0. The van der Waals surface area contributed by atoms with Crippen molar-refractivity contribution in [2.24, 2.45) is 5.10 Å². The van der Waals surface area contributed by atoms with Crippen LogP contribution in [0.25, 0.3) is 0 Å². The summed E-state index contributed by atoms with van der Waals surface area (Å²) in [5, 5.41) is 14.3. The van der Waals surface area contributed by atoms with Gasteiger partial charge in [-0.2, -0.15) is 20.1 Å². The molecule has 0 atom stereocenters. The summed E-state index contributed by atoms with van der Waals surface area (Å²) in [7, 11) is 0. The Balaban J connectivity index is 1.55. The van der Waals surface area contributed by atoms with E-state index in [9.17, 15) is 5.11 Å². The molecule has 3 aromatic carbocycles. The van der Waals surface area contributed by atoms with Crippen LogP contribution in [0.15, 0.2) is 90.0 Å². The van der Waals surface area contributed by atoms with E-state index in [1.807, 2.05) is 71.6 Å². The molecule has 0 radical (unpaired) electrons. The number of hydrogen-bond donors (Lipinski definition) is 2. The molecule has 4 aromatic rings. The van der Waals surface area contributed by atoms with Crippen LogP contribution in [0.2, 0.25) is 0 Å². The number of rotatable bonds is 7. The smallest absolute Gasteiger partial charge is 0.250 e. The number of aromatic hydroxyl groups is 1. The maximum atomic E-state index is 10.0. The standard InChI is InChI=1S/C26H25N7O2/c34-23-14-8-7-9-20(23)19-27-31-24-28-25(32-15-17-35-18-16-32)30-26(29-24)33(21-10-3-1-4-11-21)22-12-5-2-6-13-22/h1-14,19,34H,15-18H2,(H,28,29,30,31)/b27-19+. The van der Waals surface area contributed by atoms with Gasteiger partial charge < -0.3 is 14.7 Å². The minimum Gasteiger partial charge on any atom is -0.507 e. The molecule has 0 saturated carbocycles. The molecule has 0 spiro atoms. The maximum absolute atomic E-state index is 10.0. The number of para-hydroxylation sites is 3. The Labute approximate surface area is 203 Å². The van der Waals surface area contributed by atoms with Crippen LogP contribution in [-0.4, -0.2) is 52.6 Å². The van der Waals surface area contributed by atoms with Gasteiger partial charge in [-0.1, -0.05) is 48.5 Å². The molecule has 0 amide bonds. The van der Waals surface area contributed by atoms with Crippen molar-refractivity contribution in [2.45, 2.75) is 0 Å². The fourth-order valence-electron chi connectivity index (χ4n) is 3.70. The lowest BCUT2D eigenvalue weighted by Crippen LogP contribution is -2.37. The number of benzene rings is 3. The summed E-state index contributed by atoms with van der Waals surface area (Å²) in [6, 6.07) is 26.9. The number of phenolic OH excluding ortho intramolecular Hbond substituents is 1. The average molecular weight is 468 g/mol. The first-order chi connectivity index (χ1) is 17.3. The molecular formula is C26H25N7O2. The van der Waals surface area contributed by atoms with Gasteiger partial charge in [0.1, 0.15) is 5.75 Å². The van der Waals surface area contributed by atoms with Crippen LogP contribution in [-0.2, 0) is 4.74 Å². The number of aromatic nitrogens is 3. The van der Waals surface area contributed by atoms with E-state index in [-0.39, 0.29) is 5.75 Å². The number of hydrazone groups is 1. The first-order valence-electron chi connectivity index (χ1n) is 11.3. The molecule has 2 N–H and O–H groups in total. The third-order valence-corrected chi connectivity index (χ3v) is 5.44. The second kappa shape index (κ2) is 10.6. The van der Waals surface area contributed by atoms with Crippen LogP contribution in [0.3, 0.4) is 0 Å². The summed E-state index contributed by atoms with van der Waals surface area (Å²) < 4.78 is 5.51. The maximum Gasteiger partial charge on any atom is 0.250 e. The predicted molar refractivity (Wildman–Crippen MR) is 137 cm³/mol. The van der Waals surface area contributed by atoms with E-state index in [1.54, 1.807) is 18.2 Å². The first-order valence-corrected chi connectivity index (χ1v) is 11.3. The lowest BCUT2D eigenvalue weighted by molar-refractivity contribution is 0.122. The van der Waals surface area contributed by atoms with E-state index in [0.717, 1.165) is 11.4 Å². The molecule has 1 aliphatic heterocycles. The topological polar surface area (TPSA) is 99.0 Å². The zero-order chi connectivity index (χ0) is 23.9. The Morgan fingerprint density at radius 1 is 0.829 bits per heavy atom. The number of anilines is 5. The van der Waals surface area contributed by atoms with Crippen molar-refractivity contribution in [3.63, 3.8) is 0 Å². The third-order valence-electron chi connectivity index (χ3n) is 5.44. The molecule has 9 nitrogen and oxygen atoms in total. The average Bonchev–Trinajstić information content (AvgIpc) is 2.92. The zero-order valence-corrected chi connectivity index (χ0v) is 19.0. The first kappa shape index (κ1) is 22.3. The molecule has 0 bridgehead atoms. The molecule has 1 aliphatic rings. The van der Waals surface area contributed by atoms with Crippen molar-refractivity contribution in [1.29, 1.82) is 0 Å². The molecule has 2 heterocycles. The molecule has 0 unspecified atom stereocenters. The Morgan fingerprint density at radius 3 is 2.11 bits per heavy atom. The fourth-order valence-corrected chi connectivity index (χ4v) is 3.70. The van der Waals surface area contributed by atoms with E-state index in [0.29, 0.717) is 49.7 Å². The van der Waals surface area contributed by atoms with Gasteiger partial charge in [-0.05, 0) is 36.4 Å². The minimum absolute atomic E-state index is 0.141. The van der Waals surface area contributed by atoms with Gasteiger partial charge in [-0.25, -0.2) is 5.43 Å². The quantitative estimate of drug-likeness (QED) is 0.306. The van der Waals surface area contributed by atoms with Crippen molar-refractivity contribution in [2.75, 3.05) is 41.5 Å². The fraction of sp³-hybridized carbons (Fsp3) is 0.154. The van der Waals surface area contributed by atoms with E-state index < -0.39 is 0 Å². The lowest BCUT2D eigenvalue weighted by Gasteiger charge is -2.28. The van der Waals surface area contributed by atoms with Crippen molar-refractivity contribution in [1.82, 2.24) is 15.0 Å². The highest BCUT2D eigenvalue weighted by atomic mass is 16.5. The summed E-state index contributed by atoms with van der Waals surface area (Å²) in [5.41, 5.74) is 5.33. The van der Waals surface area contributed by atoms with Crippen molar-refractivity contribution in [3.05, 3.63) is 90.5 Å². The SMILES string of the molecule is Oc1ccccc1/C=N/Nc1nc(N2CCOCC2)nc(N(c2ccccc2)c2ccccc2)n1. The van der Waals surface area contributed by atoms with Gasteiger partial charge in [0.2, 0.25) is 17.8 Å². The molecule has 9 heteroatoms. The molecule has 5 rings (SSSR count). The van der Waals surface area contributed by atoms with Crippen LogP contribution in [0, 0.1) is 0 Å². The predicted octanol–water partition coefficient (Wildman–Crippen LogP) is 4.33. The van der Waals surface area contributed by atoms with E-state index >= 15 is 0 Å². The Morgan fingerprint density at radius 2 is 1.46 bits per heavy atom. The van der Waals surface area contributed by atoms with Crippen LogP contribution in [0.4, 0.5) is 29.2 Å². The highest BCUT2D eigenvalue weighted by molar-refractivity contribution is 5.83. The van der Waals surface area contributed by atoms with Gasteiger partial charge in [0.05, 0.1) is 19.4 Å². The van der Waals surface area contributed by atoms with Crippen molar-refractivity contribution < 1.29 is 9.84 Å². The van der Waals surface area contributed by atoms with Gasteiger partial charge in [0.15, 0.2) is 0 Å². The number of hydrogen-bond acceptors (Lipinski definition) is 9. The number of nitrogens with one attached hydrogen (secondary N) is 1. The lowest BCUT2D eigenvalue weighted by atomic mass is 10.2. The summed E-state index contributed by atoms with van der Waals surface area (Å²) in [4.78, 5) is 18.2. The highest BCUT2D eigenvalue weighted by Crippen LogP contribution is 2.33. The van der Waals surface area contributed by atoms with E-state index in [1.165, 1.54) is 6.21 Å². The number of morpholine rings is 1. The van der Waals surface area contributed by atoms with Crippen LogP contribution < -0.4 is 15.2 Å². The van der Waals surface area contributed by atoms with Crippen LogP contribution in [0.1, 0.15) is 5.56 Å². The number of phenols is 1. The molecule has 1 fully saturated rings. The summed E-state index contributed by atoms with van der Waals surface area (Å²) in [6.45, 7) is 2.58. The molecule has 0 aliphatic carbocycles. The van der Waals surface area contributed by atoms with Gasteiger partial charge in [0.25, 0.3) is 0 Å². The second-order valence-electron chi connectivity index (χ2n) is 7.79. The second-order valence-corrected chi connectivity index (χ2v) is 7.79. The van der Waals surface area contributed by atoms with Crippen molar-refractivity contribution in [3.8, 4) is 5.75 Å². The van der Waals surface area contributed by atoms with Crippen molar-refractivity contribution >= 4 is 35.4 Å². The summed E-state index contributed by atoms with van der Waals surface area (Å²) in [5.74, 6) is 1.43. The number of ether oxygens (including phenoxy) is 1. The normalized spacial score (nSPS) is 13.7. The number of nitrogens with zero attached hydrogens (tertiary/aromatic N) is 6. The van der Waals surface area contributed by atoms with Crippen LogP contribution in [0.5, 0.6) is 5.75 Å². The molecule has 1 saturated heterocycles. The Hall–Kier alpha value is -4.50. The molecule has 1 aromatic heterocycles. The highest BCUT2D eigenvalue weighted by Gasteiger charge is 2.21. The largest absolute Gasteiger partial charge is 0.507 e. The van der Waals surface area contributed by atoms with Crippen LogP contribution >= 0.6 is 0 Å². The minimum atomic E-state index is 0.141. The van der Waals surface area contributed by atoms with Gasteiger partial charge in [-0.3, -0.25) is 4.90 Å². The van der Waals surface area contributed by atoms with E-state index in [4.69, 9.17) is 14.7 Å². The van der Waals surface area contributed by atoms with Gasteiger partial charge in [0, 0.05) is 30.0 Å². The summed E-state index contributed by atoms with van der Waals surface area (Å²) >= 11 is 0. The van der Waals surface area contributed by atoms with Gasteiger partial charge in [-0.15, -0.1) is 0 Å². The molecule has 35 heavy (non-hydrogen) atoms. The molecule has 176 valence electrons. The monoisotopic (exact) mass is 467 g/mol. The third kappa shape index (κ3) is 5.36. The van der Waals surface area contributed by atoms with E-state index in [2.05, 4.69) is 20.4 Å². The Bertz CT molecular complexity index is 1240. The Kier molecular flexibility index (Phi) is 6.77. The van der Waals surface area contributed by atoms with Gasteiger partial charge >= 0.3 is 0 Å². The summed E-state index contributed by atoms with van der Waals surface area (Å²) in [6.07, 6.45) is 1.53.